The molecule has 0 atom stereocenters. The van der Waals surface area contributed by atoms with E-state index in [0.717, 1.165) is 22.5 Å². The fourth-order valence-electron chi connectivity index (χ4n) is 1.97. The summed E-state index contributed by atoms with van der Waals surface area (Å²) in [5, 5.41) is 38.0. The van der Waals surface area contributed by atoms with Crippen LogP contribution in [0.15, 0.2) is 69.2 Å². The van der Waals surface area contributed by atoms with E-state index in [2.05, 4.69) is 20.7 Å². The van der Waals surface area contributed by atoms with Crippen molar-refractivity contribution in [1.29, 1.82) is 0 Å². The maximum atomic E-state index is 9.02. The smallest absolute Gasteiger partial charge is 0.0874 e. The van der Waals surface area contributed by atoms with E-state index in [4.69, 9.17) is 10.2 Å². The molecule has 26 heavy (non-hydrogen) atoms. The summed E-state index contributed by atoms with van der Waals surface area (Å²) in [7, 11) is 3.67. The van der Waals surface area contributed by atoms with Gasteiger partial charge in [0.25, 0.3) is 0 Å². The van der Waals surface area contributed by atoms with Gasteiger partial charge in [0.1, 0.15) is 0 Å². The molecule has 0 fully saturated rings. The van der Waals surface area contributed by atoms with Crippen LogP contribution in [0.25, 0.3) is 0 Å². The maximum Gasteiger partial charge on any atom is 0.0874 e. The number of aliphatic hydroxyl groups excluding tert-OH is 2. The van der Waals surface area contributed by atoms with Gasteiger partial charge >= 0.3 is 0 Å². The molecule has 0 saturated carbocycles. The average Bonchev–Trinajstić information content (AvgIpc) is 2.69. The number of likely N-dealkylation sites (N-methyl/N-ethyl adjacent to an activating group) is 2. The lowest BCUT2D eigenvalue weighted by atomic mass is 10.2. The molecule has 2 aromatic rings. The molecule has 0 aliphatic rings. The molecule has 0 amide bonds. The molecule has 0 aliphatic heterocycles. The minimum Gasteiger partial charge on any atom is -0.392 e. The second-order valence-electron chi connectivity index (χ2n) is 5.79. The van der Waals surface area contributed by atoms with Gasteiger partial charge in [-0.1, -0.05) is 34.7 Å². The van der Waals surface area contributed by atoms with Gasteiger partial charge in [-0.3, -0.25) is 10.0 Å². The van der Waals surface area contributed by atoms with Gasteiger partial charge in [0.2, 0.25) is 0 Å². The van der Waals surface area contributed by atoms with E-state index in [9.17, 15) is 0 Å². The van der Waals surface area contributed by atoms with Crippen LogP contribution >= 0.6 is 0 Å². The van der Waals surface area contributed by atoms with Gasteiger partial charge in [-0.25, -0.2) is 0 Å². The molecule has 0 bridgehead atoms. The molecule has 0 radical (unpaired) electrons. The Labute approximate surface area is 153 Å². The molecule has 2 rings (SSSR count). The highest BCUT2D eigenvalue weighted by molar-refractivity contribution is 5.38. The summed E-state index contributed by atoms with van der Waals surface area (Å²) in [6.45, 7) is 1.31. The molecule has 8 nitrogen and oxygen atoms in total. The monoisotopic (exact) mass is 356 g/mol. The molecule has 0 heterocycles. The molecule has 0 aliphatic carbocycles. The fraction of sp³-hybridized carbons (Fsp3) is 0.333. The quantitative estimate of drug-likeness (QED) is 0.532. The van der Waals surface area contributed by atoms with Gasteiger partial charge in [0.15, 0.2) is 0 Å². The van der Waals surface area contributed by atoms with Gasteiger partial charge < -0.3 is 10.2 Å². The standard InChI is InChI=1S/C18H24N6O2/c1-23(21-19-17-7-3-15(13-25)4-8-17)11-12-24(2)22-20-18-9-5-16(14-26)6-10-18/h3-10,25-26H,11-14H2,1-2H3. The van der Waals surface area contributed by atoms with Crippen molar-refractivity contribution < 1.29 is 10.2 Å². The number of hydrogen-bond acceptors (Lipinski definition) is 6. The minimum atomic E-state index is 0.0177. The molecule has 0 spiro atoms. The third-order valence-corrected chi connectivity index (χ3v) is 3.61. The van der Waals surface area contributed by atoms with Crippen molar-refractivity contribution in [2.75, 3.05) is 27.2 Å². The lowest BCUT2D eigenvalue weighted by Crippen LogP contribution is -2.24. The van der Waals surface area contributed by atoms with E-state index in [1.807, 2.05) is 62.6 Å². The van der Waals surface area contributed by atoms with Gasteiger partial charge in [-0.05, 0) is 35.4 Å². The van der Waals surface area contributed by atoms with Crippen molar-refractivity contribution in [2.45, 2.75) is 13.2 Å². The zero-order valence-electron chi connectivity index (χ0n) is 15.0. The maximum absolute atomic E-state index is 9.02. The van der Waals surface area contributed by atoms with Crippen molar-refractivity contribution >= 4 is 11.4 Å². The predicted octanol–water partition coefficient (Wildman–Crippen LogP) is 3.23. The van der Waals surface area contributed by atoms with Crippen molar-refractivity contribution in [2.24, 2.45) is 20.7 Å². The SMILES string of the molecule is CN(CCN(C)N=Nc1ccc(CO)cc1)N=Nc1ccc(CO)cc1. The predicted molar refractivity (Wildman–Crippen MR) is 99.0 cm³/mol. The van der Waals surface area contributed by atoms with E-state index in [0.29, 0.717) is 13.1 Å². The molecule has 0 saturated heterocycles. The highest BCUT2D eigenvalue weighted by Gasteiger charge is 1.99. The second kappa shape index (κ2) is 10.2. The summed E-state index contributed by atoms with van der Waals surface area (Å²) in [4.78, 5) is 0. The average molecular weight is 356 g/mol. The summed E-state index contributed by atoms with van der Waals surface area (Å²) in [5.74, 6) is 0. The second-order valence-corrected chi connectivity index (χ2v) is 5.79. The first-order valence-corrected chi connectivity index (χ1v) is 8.26. The number of hydrogen-bond donors (Lipinski definition) is 2. The van der Waals surface area contributed by atoms with Crippen LogP contribution in [0.2, 0.25) is 0 Å². The Balaban J connectivity index is 1.77. The lowest BCUT2D eigenvalue weighted by molar-refractivity contribution is 0.252. The van der Waals surface area contributed by atoms with E-state index in [1.54, 1.807) is 10.0 Å². The van der Waals surface area contributed by atoms with Crippen molar-refractivity contribution in [3.63, 3.8) is 0 Å². The van der Waals surface area contributed by atoms with Crippen LogP contribution in [0.4, 0.5) is 11.4 Å². The summed E-state index contributed by atoms with van der Waals surface area (Å²) in [5.41, 5.74) is 3.15. The fourth-order valence-corrected chi connectivity index (χ4v) is 1.97. The Morgan fingerprint density at radius 1 is 0.654 bits per heavy atom. The molecule has 0 unspecified atom stereocenters. The highest BCUT2D eigenvalue weighted by Crippen LogP contribution is 2.15. The van der Waals surface area contributed by atoms with Gasteiger partial charge in [-0.2, -0.15) is 0 Å². The number of nitrogens with zero attached hydrogens (tertiary/aromatic N) is 6. The third kappa shape index (κ3) is 6.58. The summed E-state index contributed by atoms with van der Waals surface area (Å²) >= 11 is 0. The lowest BCUT2D eigenvalue weighted by Gasteiger charge is -2.15. The normalized spacial score (nSPS) is 11.4. The van der Waals surface area contributed by atoms with Gasteiger partial charge in [0.05, 0.1) is 37.7 Å². The largest absolute Gasteiger partial charge is 0.392 e. The Kier molecular flexibility index (Phi) is 7.66. The first-order valence-electron chi connectivity index (χ1n) is 8.26. The first kappa shape index (κ1) is 19.5. The van der Waals surface area contributed by atoms with E-state index >= 15 is 0 Å². The Morgan fingerprint density at radius 3 is 1.31 bits per heavy atom. The van der Waals surface area contributed by atoms with Crippen LogP contribution in [0, 0.1) is 0 Å². The van der Waals surface area contributed by atoms with E-state index in [1.165, 1.54) is 0 Å². The molecule has 2 aromatic carbocycles. The van der Waals surface area contributed by atoms with Gasteiger partial charge in [0, 0.05) is 14.1 Å². The van der Waals surface area contributed by atoms with E-state index < -0.39 is 0 Å². The van der Waals surface area contributed by atoms with Crippen LogP contribution in [-0.2, 0) is 13.2 Å². The van der Waals surface area contributed by atoms with Gasteiger partial charge in [-0.15, -0.1) is 10.2 Å². The number of aliphatic hydroxyl groups is 2. The summed E-state index contributed by atoms with van der Waals surface area (Å²) < 4.78 is 0. The molecule has 2 N–H and O–H groups in total. The van der Waals surface area contributed by atoms with Crippen LogP contribution in [0.5, 0.6) is 0 Å². The van der Waals surface area contributed by atoms with Crippen molar-refractivity contribution in [3.8, 4) is 0 Å². The highest BCUT2D eigenvalue weighted by atomic mass is 16.3. The Hall–Kier alpha value is -2.84. The van der Waals surface area contributed by atoms with E-state index in [-0.39, 0.29) is 13.2 Å². The molecular formula is C18H24N6O2. The summed E-state index contributed by atoms with van der Waals surface area (Å²) in [6.07, 6.45) is 0. The van der Waals surface area contributed by atoms with Crippen LogP contribution < -0.4 is 0 Å². The van der Waals surface area contributed by atoms with Crippen LogP contribution in [0.3, 0.4) is 0 Å². The first-order chi connectivity index (χ1) is 12.6. The molecule has 0 aromatic heterocycles. The zero-order chi connectivity index (χ0) is 18.8. The van der Waals surface area contributed by atoms with Crippen LogP contribution in [-0.4, -0.2) is 47.4 Å². The molecule has 138 valence electrons. The van der Waals surface area contributed by atoms with Crippen molar-refractivity contribution in [3.05, 3.63) is 59.7 Å². The zero-order valence-corrected chi connectivity index (χ0v) is 15.0. The van der Waals surface area contributed by atoms with Crippen LogP contribution in [0.1, 0.15) is 11.1 Å². The number of benzene rings is 2. The Bertz CT molecular complexity index is 652. The molecular weight excluding hydrogens is 332 g/mol. The minimum absolute atomic E-state index is 0.0177. The Morgan fingerprint density at radius 2 is 1.00 bits per heavy atom. The topological polar surface area (TPSA) is 96.4 Å². The molecule has 8 heteroatoms. The van der Waals surface area contributed by atoms with Crippen molar-refractivity contribution in [1.82, 2.24) is 10.0 Å². The summed E-state index contributed by atoms with van der Waals surface area (Å²) in [6, 6.07) is 14.5. The third-order valence-electron chi connectivity index (χ3n) is 3.61. The number of rotatable bonds is 9.